The molecule has 0 amide bonds. The van der Waals surface area contributed by atoms with Crippen LogP contribution >= 0.6 is 0 Å². The van der Waals surface area contributed by atoms with Crippen LogP contribution in [0, 0.1) is 0 Å². The van der Waals surface area contributed by atoms with Crippen LogP contribution in [0.5, 0.6) is 0 Å². The third kappa shape index (κ3) is 3.59. The Morgan fingerprint density at radius 1 is 1.35 bits per heavy atom. The second-order valence-corrected chi connectivity index (χ2v) is 6.40. The molecule has 0 spiro atoms. The van der Waals surface area contributed by atoms with Gasteiger partial charge in [0.1, 0.15) is 4.90 Å². The van der Waals surface area contributed by atoms with Crippen molar-refractivity contribution in [1.29, 1.82) is 0 Å². The van der Waals surface area contributed by atoms with Crippen molar-refractivity contribution in [3.63, 3.8) is 0 Å². The lowest BCUT2D eigenvalue weighted by Gasteiger charge is -2.17. The summed E-state index contributed by atoms with van der Waals surface area (Å²) in [5.41, 5.74) is 6.49. The van der Waals surface area contributed by atoms with Crippen molar-refractivity contribution in [2.75, 3.05) is 13.1 Å². The topological polar surface area (TPSA) is 68.3 Å². The molecule has 0 aromatic carbocycles. The normalized spacial score (nSPS) is 11.8. The van der Waals surface area contributed by atoms with Crippen LogP contribution < -0.4 is 5.73 Å². The van der Waals surface area contributed by atoms with Crippen molar-refractivity contribution in [2.24, 2.45) is 5.73 Å². The zero-order valence-electron chi connectivity index (χ0n) is 12.0. The molecule has 0 aliphatic carbocycles. The minimum Gasteiger partial charge on any atom is -0.349 e. The average Bonchev–Trinajstić information content (AvgIpc) is 2.83. The van der Waals surface area contributed by atoms with E-state index in [9.17, 15) is 8.42 Å². The molecule has 20 heavy (non-hydrogen) atoms. The molecular weight excluding hydrogens is 274 g/mol. The van der Waals surface area contributed by atoms with Gasteiger partial charge in [-0.05, 0) is 12.5 Å². The Hall–Kier alpha value is -1.37. The van der Waals surface area contributed by atoms with E-state index in [0.717, 1.165) is 18.7 Å². The quantitative estimate of drug-likeness (QED) is 0.706. The number of hydrogen-bond acceptors (Lipinski definition) is 3. The van der Waals surface area contributed by atoms with Gasteiger partial charge in [-0.15, -0.1) is 13.2 Å². The van der Waals surface area contributed by atoms with Gasteiger partial charge in [-0.25, -0.2) is 8.42 Å². The van der Waals surface area contributed by atoms with Crippen molar-refractivity contribution < 1.29 is 8.42 Å². The minimum absolute atomic E-state index is 0.255. The predicted octanol–water partition coefficient (Wildman–Crippen LogP) is 1.72. The van der Waals surface area contributed by atoms with Crippen LogP contribution in [0.15, 0.2) is 42.5 Å². The van der Waals surface area contributed by atoms with Crippen LogP contribution in [0.3, 0.4) is 0 Å². The molecule has 1 aromatic heterocycles. The van der Waals surface area contributed by atoms with E-state index in [0.29, 0.717) is 6.54 Å². The van der Waals surface area contributed by atoms with E-state index in [2.05, 4.69) is 13.2 Å². The third-order valence-corrected chi connectivity index (χ3v) is 4.73. The molecule has 0 radical (unpaired) electrons. The highest BCUT2D eigenvalue weighted by molar-refractivity contribution is 7.89. The summed E-state index contributed by atoms with van der Waals surface area (Å²) >= 11 is 0. The van der Waals surface area contributed by atoms with Gasteiger partial charge in [-0.3, -0.25) is 0 Å². The van der Waals surface area contributed by atoms with E-state index in [1.54, 1.807) is 24.4 Å². The predicted molar refractivity (Wildman–Crippen MR) is 81.8 cm³/mol. The zero-order valence-corrected chi connectivity index (χ0v) is 12.8. The monoisotopic (exact) mass is 297 g/mol. The van der Waals surface area contributed by atoms with Crippen LogP contribution in [-0.2, 0) is 23.1 Å². The first-order valence-electron chi connectivity index (χ1n) is 6.62. The summed E-state index contributed by atoms with van der Waals surface area (Å²) in [4.78, 5) is 0.273. The molecule has 0 aliphatic rings. The maximum absolute atomic E-state index is 12.6. The highest BCUT2D eigenvalue weighted by Crippen LogP contribution is 2.19. The van der Waals surface area contributed by atoms with Crippen molar-refractivity contribution in [3.8, 4) is 0 Å². The molecule has 0 fully saturated rings. The fraction of sp³-hybridized carbons (Fsp3) is 0.429. The molecule has 1 aromatic rings. The number of nitrogens with two attached hydrogens (primary N) is 1. The molecule has 0 saturated carbocycles. The maximum atomic E-state index is 12.6. The summed E-state index contributed by atoms with van der Waals surface area (Å²) < 4.78 is 28.4. The Balaban J connectivity index is 3.19. The van der Waals surface area contributed by atoms with Crippen LogP contribution in [0.2, 0.25) is 0 Å². The Morgan fingerprint density at radius 2 is 1.95 bits per heavy atom. The fourth-order valence-electron chi connectivity index (χ4n) is 2.00. The second kappa shape index (κ2) is 7.42. The Bertz CT molecular complexity index is 551. The van der Waals surface area contributed by atoms with Crippen molar-refractivity contribution in [1.82, 2.24) is 8.87 Å². The summed E-state index contributed by atoms with van der Waals surface area (Å²) in [5.74, 6) is 0. The molecule has 112 valence electrons. The van der Waals surface area contributed by atoms with Gasteiger partial charge in [0, 0.05) is 38.1 Å². The van der Waals surface area contributed by atoms with E-state index in [1.165, 1.54) is 4.31 Å². The molecule has 6 heteroatoms. The van der Waals surface area contributed by atoms with E-state index >= 15 is 0 Å². The Morgan fingerprint density at radius 3 is 2.40 bits per heavy atom. The largest absolute Gasteiger partial charge is 0.349 e. The molecule has 2 N–H and O–H groups in total. The fourth-order valence-corrected chi connectivity index (χ4v) is 3.44. The summed E-state index contributed by atoms with van der Waals surface area (Å²) in [6.45, 7) is 10.8. The van der Waals surface area contributed by atoms with Gasteiger partial charge in [-0.2, -0.15) is 4.31 Å². The van der Waals surface area contributed by atoms with E-state index in [1.807, 2.05) is 11.5 Å². The number of aryl methyl sites for hydroxylation is 1. The number of aromatic nitrogens is 1. The SMILES string of the molecule is C=CCN(CC=C)S(=O)(=O)c1cc(CN)n(CCC)c1. The molecule has 1 rings (SSSR count). The summed E-state index contributed by atoms with van der Waals surface area (Å²) in [6, 6.07) is 1.64. The van der Waals surface area contributed by atoms with Crippen molar-refractivity contribution >= 4 is 10.0 Å². The lowest BCUT2D eigenvalue weighted by molar-refractivity contribution is 0.474. The first kappa shape index (κ1) is 16.7. The van der Waals surface area contributed by atoms with Gasteiger partial charge in [0.15, 0.2) is 0 Å². The molecule has 0 atom stereocenters. The number of rotatable bonds is 9. The van der Waals surface area contributed by atoms with Gasteiger partial charge in [-0.1, -0.05) is 19.1 Å². The Kier molecular flexibility index (Phi) is 6.19. The van der Waals surface area contributed by atoms with Gasteiger partial charge in [0.05, 0.1) is 0 Å². The minimum atomic E-state index is -3.54. The number of nitrogens with zero attached hydrogens (tertiary/aromatic N) is 2. The van der Waals surface area contributed by atoms with Crippen molar-refractivity contribution in [3.05, 3.63) is 43.3 Å². The summed E-state index contributed by atoms with van der Waals surface area (Å²) in [6.07, 6.45) is 5.70. The molecule has 0 unspecified atom stereocenters. The van der Waals surface area contributed by atoms with Crippen LogP contribution in [0.25, 0.3) is 0 Å². The standard InChI is InChI=1S/C14H23N3O2S/c1-4-7-16-12-14(10-13(16)11-15)20(18,19)17(8-5-2)9-6-3/h5-6,10,12H,2-4,7-9,11,15H2,1H3. The highest BCUT2D eigenvalue weighted by Gasteiger charge is 2.24. The van der Waals surface area contributed by atoms with Gasteiger partial charge >= 0.3 is 0 Å². The van der Waals surface area contributed by atoms with E-state index < -0.39 is 10.0 Å². The number of hydrogen-bond donors (Lipinski definition) is 1. The smallest absolute Gasteiger partial charge is 0.245 e. The molecule has 0 saturated heterocycles. The van der Waals surface area contributed by atoms with Crippen LogP contribution in [0.1, 0.15) is 19.0 Å². The first-order valence-corrected chi connectivity index (χ1v) is 8.06. The third-order valence-electron chi connectivity index (χ3n) is 2.94. The van der Waals surface area contributed by atoms with E-state index in [-0.39, 0.29) is 18.0 Å². The van der Waals surface area contributed by atoms with E-state index in [4.69, 9.17) is 5.73 Å². The lowest BCUT2D eigenvalue weighted by Crippen LogP contribution is -2.31. The highest BCUT2D eigenvalue weighted by atomic mass is 32.2. The van der Waals surface area contributed by atoms with Crippen molar-refractivity contribution in [2.45, 2.75) is 31.3 Å². The Labute approximate surface area is 121 Å². The number of sulfonamides is 1. The summed E-state index contributed by atoms with van der Waals surface area (Å²) in [5, 5.41) is 0. The summed E-state index contributed by atoms with van der Waals surface area (Å²) in [7, 11) is -3.54. The van der Waals surface area contributed by atoms with Gasteiger partial charge < -0.3 is 10.3 Å². The molecule has 5 nitrogen and oxygen atoms in total. The van der Waals surface area contributed by atoms with Crippen LogP contribution in [0.4, 0.5) is 0 Å². The zero-order chi connectivity index (χ0) is 15.2. The molecule has 0 bridgehead atoms. The molecule has 1 heterocycles. The molecular formula is C14H23N3O2S. The maximum Gasteiger partial charge on any atom is 0.245 e. The van der Waals surface area contributed by atoms with Crippen LogP contribution in [-0.4, -0.2) is 30.4 Å². The van der Waals surface area contributed by atoms with Gasteiger partial charge in [0.2, 0.25) is 10.0 Å². The van der Waals surface area contributed by atoms with Gasteiger partial charge in [0.25, 0.3) is 0 Å². The molecule has 0 aliphatic heterocycles. The second-order valence-electron chi connectivity index (χ2n) is 4.46. The lowest BCUT2D eigenvalue weighted by atomic mass is 10.4. The first-order chi connectivity index (χ1) is 9.51. The average molecular weight is 297 g/mol.